The van der Waals surface area contributed by atoms with E-state index in [1.54, 1.807) is 24.3 Å². The van der Waals surface area contributed by atoms with Crippen LogP contribution in [0, 0.1) is 36.0 Å². The summed E-state index contributed by atoms with van der Waals surface area (Å²) in [7, 11) is -3.72. The zero-order chi connectivity index (χ0) is 14.3. The molecule has 106 valence electrons. The van der Waals surface area contributed by atoms with Gasteiger partial charge in [0.15, 0.2) is 0 Å². The molecule has 0 N–H and O–H groups in total. The van der Waals surface area contributed by atoms with Crippen molar-refractivity contribution in [3.63, 3.8) is 0 Å². The van der Waals surface area contributed by atoms with Gasteiger partial charge in [-0.15, -0.1) is 0 Å². The van der Waals surface area contributed by atoms with Gasteiger partial charge in [-0.05, 0) is 44.2 Å². The van der Waals surface area contributed by atoms with Crippen molar-refractivity contribution in [2.24, 2.45) is 17.8 Å². The van der Waals surface area contributed by atoms with E-state index in [4.69, 9.17) is 9.44 Å². The van der Waals surface area contributed by atoms with Gasteiger partial charge >= 0.3 is 0 Å². The third-order valence-corrected chi connectivity index (χ3v) is 5.91. The molecule has 2 bridgehead atoms. The first-order chi connectivity index (χ1) is 9.51. The molecule has 0 saturated heterocycles. The molecule has 0 amide bonds. The summed E-state index contributed by atoms with van der Waals surface area (Å²) in [6.07, 6.45) is 2.28. The minimum atomic E-state index is -3.72. The standard InChI is InChI=1S/C15H17NO3S/c1-10-2-5-12(6-3-10)20(17,18)19-15-8-11-4-7-13(15)14(11)9-16/h2-3,5-6,11,13-15H,4,7-8H2,1H3. The van der Waals surface area contributed by atoms with Crippen LogP contribution >= 0.6 is 0 Å². The number of nitriles is 1. The molecule has 1 aromatic rings. The maximum atomic E-state index is 12.3. The predicted molar refractivity (Wildman–Crippen MR) is 73.2 cm³/mol. The Morgan fingerprint density at radius 3 is 2.55 bits per heavy atom. The smallest absolute Gasteiger partial charge is 0.263 e. The first kappa shape index (κ1) is 13.6. The number of benzene rings is 1. The second-order valence-corrected chi connectivity index (χ2v) is 7.37. The van der Waals surface area contributed by atoms with Crippen LogP contribution in [0.3, 0.4) is 0 Å². The molecule has 2 saturated carbocycles. The molecule has 0 spiro atoms. The maximum absolute atomic E-state index is 12.3. The average molecular weight is 291 g/mol. The van der Waals surface area contributed by atoms with Crippen LogP contribution in [0.15, 0.2) is 29.2 Å². The average Bonchev–Trinajstić information content (AvgIpc) is 2.95. The Balaban J connectivity index is 1.78. The lowest BCUT2D eigenvalue weighted by Gasteiger charge is -2.21. The first-order valence-electron chi connectivity index (χ1n) is 6.91. The fourth-order valence-electron chi connectivity index (χ4n) is 3.51. The largest absolute Gasteiger partial charge is 0.297 e. The van der Waals surface area contributed by atoms with Crippen molar-refractivity contribution in [3.05, 3.63) is 29.8 Å². The topological polar surface area (TPSA) is 67.2 Å². The molecule has 4 atom stereocenters. The van der Waals surface area contributed by atoms with Crippen molar-refractivity contribution in [1.29, 1.82) is 5.26 Å². The molecule has 20 heavy (non-hydrogen) atoms. The molecule has 0 heterocycles. The molecule has 0 aromatic heterocycles. The van der Waals surface area contributed by atoms with Crippen LogP contribution < -0.4 is 0 Å². The van der Waals surface area contributed by atoms with Crippen LogP contribution in [0.25, 0.3) is 0 Å². The van der Waals surface area contributed by atoms with Gasteiger partial charge in [-0.3, -0.25) is 4.18 Å². The number of aryl methyl sites for hydroxylation is 1. The zero-order valence-electron chi connectivity index (χ0n) is 11.3. The SMILES string of the molecule is Cc1ccc(S(=O)(=O)OC2CC3CCC2C3C#N)cc1. The molecule has 1 aromatic carbocycles. The zero-order valence-corrected chi connectivity index (χ0v) is 12.1. The minimum absolute atomic E-state index is 0.0341. The molecular weight excluding hydrogens is 274 g/mol. The van der Waals surface area contributed by atoms with E-state index in [0.717, 1.165) is 18.4 Å². The normalized spacial score (nSPS) is 32.2. The van der Waals surface area contributed by atoms with E-state index in [1.807, 2.05) is 6.92 Å². The van der Waals surface area contributed by atoms with E-state index >= 15 is 0 Å². The number of fused-ring (bicyclic) bond motifs is 2. The third-order valence-electron chi connectivity index (χ3n) is 4.56. The van der Waals surface area contributed by atoms with Gasteiger partial charge < -0.3 is 0 Å². The van der Waals surface area contributed by atoms with Crippen LogP contribution in [-0.2, 0) is 14.3 Å². The van der Waals surface area contributed by atoms with Gasteiger partial charge in [-0.2, -0.15) is 13.7 Å². The predicted octanol–water partition coefficient (Wildman–Crippen LogP) is 2.64. The summed E-state index contributed by atoms with van der Waals surface area (Å²) in [4.78, 5) is 0.194. The van der Waals surface area contributed by atoms with Crippen molar-refractivity contribution < 1.29 is 12.6 Å². The Kier molecular flexibility index (Phi) is 3.31. The Labute approximate surface area is 119 Å². The number of hydrogen-bond acceptors (Lipinski definition) is 4. The van der Waals surface area contributed by atoms with Crippen LogP contribution in [0.4, 0.5) is 0 Å². The van der Waals surface area contributed by atoms with Crippen molar-refractivity contribution in [2.75, 3.05) is 0 Å². The van der Waals surface area contributed by atoms with Crippen LogP contribution in [0.1, 0.15) is 24.8 Å². The highest BCUT2D eigenvalue weighted by Gasteiger charge is 2.50. The van der Waals surface area contributed by atoms with E-state index in [1.165, 1.54) is 0 Å². The lowest BCUT2D eigenvalue weighted by Crippen LogP contribution is -2.25. The van der Waals surface area contributed by atoms with Gasteiger partial charge in [0.25, 0.3) is 10.1 Å². The van der Waals surface area contributed by atoms with Gasteiger partial charge in [0.1, 0.15) is 0 Å². The highest BCUT2D eigenvalue weighted by atomic mass is 32.2. The van der Waals surface area contributed by atoms with Crippen molar-refractivity contribution >= 4 is 10.1 Å². The molecule has 0 radical (unpaired) electrons. The van der Waals surface area contributed by atoms with E-state index in [9.17, 15) is 8.42 Å². The molecule has 5 heteroatoms. The molecule has 2 aliphatic carbocycles. The van der Waals surface area contributed by atoms with E-state index in [2.05, 4.69) is 6.07 Å². The number of nitrogens with zero attached hydrogens (tertiary/aromatic N) is 1. The maximum Gasteiger partial charge on any atom is 0.297 e. The number of rotatable bonds is 3. The number of hydrogen-bond donors (Lipinski definition) is 0. The summed E-state index contributed by atoms with van der Waals surface area (Å²) >= 11 is 0. The first-order valence-corrected chi connectivity index (χ1v) is 8.31. The monoisotopic (exact) mass is 291 g/mol. The van der Waals surface area contributed by atoms with Gasteiger partial charge in [0.2, 0.25) is 0 Å². The van der Waals surface area contributed by atoms with E-state index in [0.29, 0.717) is 12.3 Å². The molecule has 2 fully saturated rings. The summed E-state index contributed by atoms with van der Waals surface area (Å²) < 4.78 is 29.9. The quantitative estimate of drug-likeness (QED) is 0.803. The van der Waals surface area contributed by atoms with Gasteiger partial charge in [-0.25, -0.2) is 0 Å². The van der Waals surface area contributed by atoms with E-state index < -0.39 is 10.1 Å². The van der Waals surface area contributed by atoms with Crippen LogP contribution in [-0.4, -0.2) is 14.5 Å². The summed E-state index contributed by atoms with van der Waals surface area (Å²) in [6, 6.07) is 8.97. The molecule has 3 rings (SSSR count). The Hall–Kier alpha value is -1.38. The lowest BCUT2D eigenvalue weighted by molar-refractivity contribution is 0.142. The van der Waals surface area contributed by atoms with Crippen molar-refractivity contribution in [1.82, 2.24) is 0 Å². The minimum Gasteiger partial charge on any atom is -0.263 e. The lowest BCUT2D eigenvalue weighted by atomic mass is 9.98. The molecule has 2 aliphatic rings. The highest BCUT2D eigenvalue weighted by molar-refractivity contribution is 7.86. The summed E-state index contributed by atoms with van der Waals surface area (Å²) in [6.45, 7) is 1.91. The second-order valence-electron chi connectivity index (χ2n) is 5.79. The fourth-order valence-corrected chi connectivity index (χ4v) is 4.63. The molecule has 0 aliphatic heterocycles. The Morgan fingerprint density at radius 1 is 1.25 bits per heavy atom. The second kappa shape index (κ2) is 4.87. The summed E-state index contributed by atoms with van der Waals surface area (Å²) in [5.74, 6) is 0.349. The third kappa shape index (κ3) is 2.23. The van der Waals surface area contributed by atoms with Gasteiger partial charge in [-0.1, -0.05) is 17.7 Å². The Morgan fingerprint density at radius 2 is 1.95 bits per heavy atom. The molecule has 4 unspecified atom stereocenters. The highest BCUT2D eigenvalue weighted by Crippen LogP contribution is 2.50. The van der Waals surface area contributed by atoms with Gasteiger partial charge in [0, 0.05) is 5.92 Å². The van der Waals surface area contributed by atoms with Crippen molar-refractivity contribution in [3.8, 4) is 6.07 Å². The molecular formula is C15H17NO3S. The van der Waals surface area contributed by atoms with Crippen molar-refractivity contribution in [2.45, 2.75) is 37.2 Å². The van der Waals surface area contributed by atoms with Crippen LogP contribution in [0.5, 0.6) is 0 Å². The Bertz CT molecular complexity index is 645. The summed E-state index contributed by atoms with van der Waals surface area (Å²) in [5, 5.41) is 9.16. The fraction of sp³-hybridized carbons (Fsp3) is 0.533. The van der Waals surface area contributed by atoms with Crippen LogP contribution in [0.2, 0.25) is 0 Å². The molecule has 4 nitrogen and oxygen atoms in total. The van der Waals surface area contributed by atoms with E-state index in [-0.39, 0.29) is 22.8 Å². The van der Waals surface area contributed by atoms with Gasteiger partial charge in [0.05, 0.1) is 23.0 Å². The summed E-state index contributed by atoms with van der Waals surface area (Å²) in [5.41, 5.74) is 1.01.